The molecule has 0 amide bonds. The van der Waals surface area contributed by atoms with Gasteiger partial charge in [-0.25, -0.2) is 0 Å². The zero-order valence-corrected chi connectivity index (χ0v) is 10.7. The Morgan fingerprint density at radius 2 is 1.73 bits per heavy atom. The van der Waals surface area contributed by atoms with Gasteiger partial charge in [0.1, 0.15) is 0 Å². The Bertz CT molecular complexity index is 247. The molecule has 0 heterocycles. The molecule has 0 aliphatic rings. The Morgan fingerprint density at radius 1 is 1.13 bits per heavy atom. The molecule has 0 aliphatic carbocycles. The van der Waals surface area contributed by atoms with Crippen LogP contribution in [0.2, 0.25) is 0 Å². The standard InChI is InChI=1S/C11H22N4/c1-10(2)15(6)13-12-9-7-8-11(3)14(4)5/h10-11H,8H2,1-6H3. The molecule has 0 fully saturated rings. The first-order valence-corrected chi connectivity index (χ1v) is 5.23. The van der Waals surface area contributed by atoms with Crippen LogP contribution in [0.25, 0.3) is 0 Å². The normalized spacial score (nSPS) is 13.1. The number of hydrogen-bond donors (Lipinski definition) is 0. The second-order valence-electron chi connectivity index (χ2n) is 4.16. The van der Waals surface area contributed by atoms with Gasteiger partial charge < -0.3 is 4.90 Å². The Hall–Kier alpha value is -1.08. The monoisotopic (exact) mass is 210 g/mol. The first kappa shape index (κ1) is 13.9. The molecule has 4 heteroatoms. The summed E-state index contributed by atoms with van der Waals surface area (Å²) in [6.45, 7) is 6.24. The van der Waals surface area contributed by atoms with E-state index in [2.05, 4.69) is 48.0 Å². The summed E-state index contributed by atoms with van der Waals surface area (Å²) in [6, 6.07) is 3.51. The van der Waals surface area contributed by atoms with Crippen LogP contribution in [-0.2, 0) is 0 Å². The fourth-order valence-corrected chi connectivity index (χ4v) is 0.607. The van der Waals surface area contributed by atoms with Crippen molar-refractivity contribution in [1.82, 2.24) is 9.91 Å². The Balaban J connectivity index is 3.90. The van der Waals surface area contributed by atoms with E-state index in [9.17, 15) is 0 Å². The summed E-state index contributed by atoms with van der Waals surface area (Å²) in [6.07, 6.45) is 0.817. The summed E-state index contributed by atoms with van der Waals surface area (Å²) in [7, 11) is 5.97. The van der Waals surface area contributed by atoms with E-state index in [4.69, 9.17) is 0 Å². The molecule has 0 saturated heterocycles. The Labute approximate surface area is 93.3 Å². The summed E-state index contributed by atoms with van der Waals surface area (Å²) in [4.78, 5) is 2.13. The zero-order chi connectivity index (χ0) is 11.8. The van der Waals surface area contributed by atoms with Crippen LogP contribution >= 0.6 is 0 Å². The Morgan fingerprint density at radius 3 is 2.20 bits per heavy atom. The average Bonchev–Trinajstić information content (AvgIpc) is 2.16. The topological polar surface area (TPSA) is 31.2 Å². The molecular weight excluding hydrogens is 188 g/mol. The smallest absolute Gasteiger partial charge is 0.0594 e. The van der Waals surface area contributed by atoms with Crippen molar-refractivity contribution in [3.8, 4) is 12.0 Å². The third kappa shape index (κ3) is 6.92. The van der Waals surface area contributed by atoms with Gasteiger partial charge in [0.25, 0.3) is 0 Å². The van der Waals surface area contributed by atoms with E-state index in [1.54, 1.807) is 5.01 Å². The lowest BCUT2D eigenvalue weighted by atomic mass is 10.2. The maximum absolute atomic E-state index is 3.94. The van der Waals surface area contributed by atoms with Gasteiger partial charge in [-0.05, 0) is 34.9 Å². The predicted octanol–water partition coefficient (Wildman–Crippen LogP) is 1.99. The molecule has 0 aromatic rings. The summed E-state index contributed by atoms with van der Waals surface area (Å²) < 4.78 is 0. The number of rotatable bonds is 4. The van der Waals surface area contributed by atoms with Gasteiger partial charge in [-0.2, -0.15) is 0 Å². The number of hydrogen-bond acceptors (Lipinski definition) is 3. The van der Waals surface area contributed by atoms with Gasteiger partial charge in [-0.15, -0.1) is 0 Å². The summed E-state index contributed by atoms with van der Waals surface area (Å²) in [5.41, 5.74) is 0. The van der Waals surface area contributed by atoms with Gasteiger partial charge in [-0.1, -0.05) is 16.3 Å². The minimum atomic E-state index is 0.358. The summed E-state index contributed by atoms with van der Waals surface area (Å²) in [5, 5.41) is 9.51. The molecule has 0 rings (SSSR count). The zero-order valence-electron chi connectivity index (χ0n) is 10.7. The molecule has 0 radical (unpaired) electrons. The average molecular weight is 210 g/mol. The van der Waals surface area contributed by atoms with E-state index in [0.717, 1.165) is 6.42 Å². The van der Waals surface area contributed by atoms with Gasteiger partial charge in [0.15, 0.2) is 0 Å². The van der Waals surface area contributed by atoms with E-state index >= 15 is 0 Å². The van der Waals surface area contributed by atoms with Crippen LogP contribution in [0.3, 0.4) is 0 Å². The van der Waals surface area contributed by atoms with Crippen molar-refractivity contribution in [3.05, 3.63) is 0 Å². The summed E-state index contributed by atoms with van der Waals surface area (Å²) in [5.74, 6) is 2.98. The molecule has 4 nitrogen and oxygen atoms in total. The van der Waals surface area contributed by atoms with Crippen molar-refractivity contribution in [3.63, 3.8) is 0 Å². The van der Waals surface area contributed by atoms with E-state index in [-0.39, 0.29) is 0 Å². The molecule has 1 unspecified atom stereocenters. The van der Waals surface area contributed by atoms with Crippen LogP contribution < -0.4 is 0 Å². The fourth-order valence-electron chi connectivity index (χ4n) is 0.607. The van der Waals surface area contributed by atoms with Gasteiger partial charge in [0, 0.05) is 25.6 Å². The molecule has 0 saturated carbocycles. The maximum Gasteiger partial charge on any atom is 0.0594 e. The van der Waals surface area contributed by atoms with Crippen LogP contribution in [0.15, 0.2) is 10.3 Å². The minimum Gasteiger partial charge on any atom is -0.306 e. The fraction of sp³-hybridized carbons (Fsp3) is 0.818. The van der Waals surface area contributed by atoms with Crippen molar-refractivity contribution in [2.24, 2.45) is 10.3 Å². The number of nitrogens with zero attached hydrogens (tertiary/aromatic N) is 4. The predicted molar refractivity (Wildman–Crippen MR) is 63.3 cm³/mol. The minimum absolute atomic E-state index is 0.358. The van der Waals surface area contributed by atoms with Gasteiger partial charge >= 0.3 is 0 Å². The van der Waals surface area contributed by atoms with Crippen LogP contribution in [0, 0.1) is 12.0 Å². The molecule has 0 N–H and O–H groups in total. The highest BCUT2D eigenvalue weighted by molar-refractivity contribution is 4.98. The lowest BCUT2D eigenvalue weighted by Gasteiger charge is -2.16. The maximum atomic E-state index is 3.94. The molecule has 15 heavy (non-hydrogen) atoms. The van der Waals surface area contributed by atoms with Crippen molar-refractivity contribution in [2.45, 2.75) is 39.3 Å². The van der Waals surface area contributed by atoms with Crippen LogP contribution in [0.5, 0.6) is 0 Å². The van der Waals surface area contributed by atoms with Crippen LogP contribution in [0.4, 0.5) is 0 Å². The molecule has 0 spiro atoms. The SMILES string of the molecule is CC(CC#CN=NN(C)C(C)C)N(C)C. The van der Waals surface area contributed by atoms with Crippen LogP contribution in [0.1, 0.15) is 27.2 Å². The van der Waals surface area contributed by atoms with Crippen molar-refractivity contribution in [2.75, 3.05) is 21.1 Å². The molecule has 0 aliphatic heterocycles. The third-order valence-electron chi connectivity index (χ3n) is 2.34. The van der Waals surface area contributed by atoms with Gasteiger partial charge in [-0.3, -0.25) is 5.01 Å². The molecule has 0 aromatic carbocycles. The van der Waals surface area contributed by atoms with Crippen molar-refractivity contribution < 1.29 is 0 Å². The van der Waals surface area contributed by atoms with Gasteiger partial charge in [0.05, 0.1) is 6.04 Å². The highest BCUT2D eigenvalue weighted by Crippen LogP contribution is 1.96. The lowest BCUT2D eigenvalue weighted by molar-refractivity contribution is 0.270. The highest BCUT2D eigenvalue weighted by Gasteiger charge is 2.00. The largest absolute Gasteiger partial charge is 0.306 e. The highest BCUT2D eigenvalue weighted by atomic mass is 15.5. The first-order valence-electron chi connectivity index (χ1n) is 5.23. The Kier molecular flexibility index (Phi) is 6.72. The molecule has 0 bridgehead atoms. The second kappa shape index (κ2) is 7.24. The molecule has 86 valence electrons. The third-order valence-corrected chi connectivity index (χ3v) is 2.34. The molecule has 1 atom stereocenters. The first-order chi connectivity index (χ1) is 6.95. The summed E-state index contributed by atoms with van der Waals surface area (Å²) >= 11 is 0. The second-order valence-corrected chi connectivity index (χ2v) is 4.16. The molecule has 0 aromatic heterocycles. The van der Waals surface area contributed by atoms with Gasteiger partial charge in [0.2, 0.25) is 0 Å². The quantitative estimate of drug-likeness (QED) is 0.404. The van der Waals surface area contributed by atoms with Crippen molar-refractivity contribution in [1.29, 1.82) is 0 Å². The van der Waals surface area contributed by atoms with E-state index in [1.165, 1.54) is 0 Å². The molecular formula is C11H22N4. The van der Waals surface area contributed by atoms with Crippen LogP contribution in [-0.4, -0.2) is 43.1 Å². The van der Waals surface area contributed by atoms with E-state index in [0.29, 0.717) is 12.1 Å². The van der Waals surface area contributed by atoms with Crippen molar-refractivity contribution >= 4 is 0 Å². The van der Waals surface area contributed by atoms with E-state index < -0.39 is 0 Å². The lowest BCUT2D eigenvalue weighted by Crippen LogP contribution is -2.23. The van der Waals surface area contributed by atoms with E-state index in [1.807, 2.05) is 21.1 Å².